The van der Waals surface area contributed by atoms with Gasteiger partial charge in [0.2, 0.25) is 0 Å². The van der Waals surface area contributed by atoms with E-state index < -0.39 is 0 Å². The number of benzene rings is 9. The van der Waals surface area contributed by atoms with Crippen molar-refractivity contribution < 1.29 is 4.39 Å². The van der Waals surface area contributed by atoms with Crippen LogP contribution in [0, 0.1) is 5.82 Å². The van der Waals surface area contributed by atoms with Crippen molar-refractivity contribution in [3.05, 3.63) is 210 Å². The Balaban J connectivity index is 1.13. The minimum absolute atomic E-state index is 0.155. The Morgan fingerprint density at radius 1 is 0.393 bits per heavy atom. The molecule has 10 aromatic rings. The van der Waals surface area contributed by atoms with E-state index in [0.717, 1.165) is 61.1 Å². The molecule has 0 radical (unpaired) electrons. The predicted octanol–water partition coefficient (Wildman–Crippen LogP) is 15.7. The number of hydrogen-bond acceptors (Lipinski definition) is 3. The molecule has 2 aliphatic rings. The van der Waals surface area contributed by atoms with Gasteiger partial charge < -0.3 is 4.90 Å². The van der Waals surface area contributed by atoms with Crippen molar-refractivity contribution in [3.8, 4) is 22.3 Å². The van der Waals surface area contributed by atoms with Gasteiger partial charge in [0.25, 0.3) is 0 Å². The van der Waals surface area contributed by atoms with Crippen molar-refractivity contribution >= 4 is 66.6 Å². The Morgan fingerprint density at radius 3 is 1.41 bits per heavy atom. The number of aromatic nitrogens is 1. The van der Waals surface area contributed by atoms with Crippen LogP contribution in [0.3, 0.4) is 0 Å². The monoisotopic (exact) mass is 787 g/mol. The molecule has 0 amide bonds. The lowest BCUT2D eigenvalue weighted by molar-refractivity contribution is 0.629. The second-order valence-electron chi connectivity index (χ2n) is 17.6. The van der Waals surface area contributed by atoms with Gasteiger partial charge in [-0.2, -0.15) is 0 Å². The number of para-hydroxylation sites is 1. The molecule has 1 aromatic heterocycles. The first-order chi connectivity index (χ1) is 29.7. The zero-order valence-electron chi connectivity index (χ0n) is 34.5. The molecule has 61 heavy (non-hydrogen) atoms. The normalized spacial score (nSPS) is 14.2. The highest BCUT2D eigenvalue weighted by Crippen LogP contribution is 2.57. The number of hydrogen-bond donors (Lipinski definition) is 0. The maximum atomic E-state index is 16.5. The summed E-state index contributed by atoms with van der Waals surface area (Å²) in [6.07, 6.45) is 1.88. The average Bonchev–Trinajstić information content (AvgIpc) is 3.68. The zero-order valence-corrected chi connectivity index (χ0v) is 34.5. The van der Waals surface area contributed by atoms with Crippen molar-refractivity contribution in [1.82, 2.24) is 4.98 Å². The Kier molecular flexibility index (Phi) is 7.51. The van der Waals surface area contributed by atoms with Crippen molar-refractivity contribution in [3.63, 3.8) is 0 Å². The Labute approximate surface area is 355 Å². The molecule has 0 N–H and O–H groups in total. The number of pyridine rings is 1. The highest BCUT2D eigenvalue weighted by Gasteiger charge is 2.40. The van der Waals surface area contributed by atoms with E-state index in [-0.39, 0.29) is 16.6 Å². The minimum Gasteiger partial charge on any atom is -0.306 e. The summed E-state index contributed by atoms with van der Waals surface area (Å²) in [5.41, 5.74) is 14.2. The number of halogens is 1. The largest absolute Gasteiger partial charge is 0.306 e. The van der Waals surface area contributed by atoms with Gasteiger partial charge in [-0.1, -0.05) is 155 Å². The first-order valence-corrected chi connectivity index (χ1v) is 21.2. The van der Waals surface area contributed by atoms with Crippen LogP contribution >= 0.6 is 0 Å². The fourth-order valence-corrected chi connectivity index (χ4v) is 10.9. The number of rotatable bonds is 6. The number of anilines is 6. The van der Waals surface area contributed by atoms with Crippen LogP contribution in [0.4, 0.5) is 38.6 Å². The van der Waals surface area contributed by atoms with Crippen LogP contribution in [0.2, 0.25) is 0 Å². The second kappa shape index (κ2) is 12.8. The lowest BCUT2D eigenvalue weighted by Gasteiger charge is -2.31. The molecule has 12 rings (SSSR count). The molecule has 292 valence electrons. The van der Waals surface area contributed by atoms with Gasteiger partial charge in [-0.25, -0.2) is 9.37 Å². The van der Waals surface area contributed by atoms with Crippen LogP contribution < -0.4 is 9.80 Å². The minimum atomic E-state index is -0.273. The zero-order chi connectivity index (χ0) is 41.2. The highest BCUT2D eigenvalue weighted by molar-refractivity contribution is 6.28. The molecular formula is C57H42FN3. The van der Waals surface area contributed by atoms with E-state index in [1.807, 2.05) is 24.4 Å². The third-order valence-corrected chi connectivity index (χ3v) is 13.7. The summed E-state index contributed by atoms with van der Waals surface area (Å²) in [5, 5.41) is 6.77. The molecule has 0 unspecified atom stereocenters. The highest BCUT2D eigenvalue weighted by atomic mass is 19.1. The molecule has 9 aromatic carbocycles. The first-order valence-electron chi connectivity index (χ1n) is 21.2. The smallest absolute Gasteiger partial charge is 0.147 e. The van der Waals surface area contributed by atoms with Gasteiger partial charge in [-0.05, 0) is 103 Å². The van der Waals surface area contributed by atoms with Gasteiger partial charge in [0.15, 0.2) is 0 Å². The van der Waals surface area contributed by atoms with E-state index in [2.05, 4.69) is 183 Å². The molecule has 0 saturated carbocycles. The quantitative estimate of drug-likeness (QED) is 0.157. The molecule has 0 saturated heterocycles. The maximum Gasteiger partial charge on any atom is 0.147 e. The second-order valence-corrected chi connectivity index (χ2v) is 17.6. The van der Waals surface area contributed by atoms with Crippen LogP contribution in [0.25, 0.3) is 54.6 Å². The van der Waals surface area contributed by atoms with Crippen LogP contribution in [-0.2, 0) is 10.8 Å². The molecule has 0 atom stereocenters. The number of nitrogens with zero attached hydrogens (tertiary/aromatic N) is 3. The van der Waals surface area contributed by atoms with Gasteiger partial charge in [-0.15, -0.1) is 0 Å². The summed E-state index contributed by atoms with van der Waals surface area (Å²) in [5.74, 6) is 0.574. The lowest BCUT2D eigenvalue weighted by Crippen LogP contribution is -2.16. The van der Waals surface area contributed by atoms with Crippen molar-refractivity contribution in [1.29, 1.82) is 0 Å². The maximum absolute atomic E-state index is 16.5. The Morgan fingerprint density at radius 2 is 0.852 bits per heavy atom. The molecule has 4 heteroatoms. The summed E-state index contributed by atoms with van der Waals surface area (Å²) < 4.78 is 16.5. The van der Waals surface area contributed by atoms with Gasteiger partial charge in [0.1, 0.15) is 11.6 Å². The SMILES string of the molecule is CC1(C)c2ccccc2-c2c(N(c3ccccn3)c3ccc4ccc5c(N(c6ccccc6F)c6cccc7c6-c6ccccc6C7(C)C)ccc6ccc3c4c65)cccc21. The summed E-state index contributed by atoms with van der Waals surface area (Å²) >= 11 is 0. The summed E-state index contributed by atoms with van der Waals surface area (Å²) in [6, 6.07) is 61.9. The van der Waals surface area contributed by atoms with E-state index >= 15 is 4.39 Å². The fourth-order valence-electron chi connectivity index (χ4n) is 10.9. The summed E-state index contributed by atoms with van der Waals surface area (Å²) in [7, 11) is 0. The van der Waals surface area contributed by atoms with Crippen LogP contribution in [0.1, 0.15) is 49.9 Å². The average molecular weight is 788 g/mol. The van der Waals surface area contributed by atoms with Crippen molar-refractivity contribution in [2.45, 2.75) is 38.5 Å². The third kappa shape index (κ3) is 4.93. The third-order valence-electron chi connectivity index (χ3n) is 13.7. The lowest BCUT2D eigenvalue weighted by atomic mass is 9.82. The van der Waals surface area contributed by atoms with Gasteiger partial charge >= 0.3 is 0 Å². The van der Waals surface area contributed by atoms with Gasteiger partial charge in [0.05, 0.1) is 28.4 Å². The Bertz CT molecular complexity index is 3400. The first kappa shape index (κ1) is 35.6. The van der Waals surface area contributed by atoms with E-state index in [9.17, 15) is 0 Å². The molecular weight excluding hydrogens is 746 g/mol. The molecule has 0 spiro atoms. The molecule has 1 heterocycles. The van der Waals surface area contributed by atoms with Gasteiger partial charge in [0, 0.05) is 38.9 Å². The summed E-state index contributed by atoms with van der Waals surface area (Å²) in [6.45, 7) is 9.24. The number of fused-ring (bicyclic) bond motifs is 6. The van der Waals surface area contributed by atoms with Crippen LogP contribution in [0.15, 0.2) is 182 Å². The Hall–Kier alpha value is -7.30. The van der Waals surface area contributed by atoms with Crippen LogP contribution in [0.5, 0.6) is 0 Å². The molecule has 3 nitrogen and oxygen atoms in total. The van der Waals surface area contributed by atoms with E-state index in [1.54, 1.807) is 12.1 Å². The van der Waals surface area contributed by atoms with E-state index in [0.29, 0.717) is 5.69 Å². The van der Waals surface area contributed by atoms with E-state index in [4.69, 9.17) is 4.98 Å². The van der Waals surface area contributed by atoms with Crippen LogP contribution in [-0.4, -0.2) is 4.98 Å². The summed E-state index contributed by atoms with van der Waals surface area (Å²) in [4.78, 5) is 9.52. The van der Waals surface area contributed by atoms with E-state index in [1.165, 1.54) is 44.3 Å². The topological polar surface area (TPSA) is 19.4 Å². The van der Waals surface area contributed by atoms with Crippen molar-refractivity contribution in [2.24, 2.45) is 0 Å². The van der Waals surface area contributed by atoms with Crippen molar-refractivity contribution in [2.75, 3.05) is 9.80 Å². The fraction of sp³-hybridized carbons (Fsp3) is 0.105. The molecule has 0 aliphatic heterocycles. The molecule has 0 fully saturated rings. The standard InChI is InChI=1S/C57H42FN3/c1-56(2)41-17-7-5-15-37(41)54-43(56)19-13-23-49(54)60(48-22-10-9-21-45(48)58)46-32-28-35-27-31-40-47(33-29-36-26-30-39(46)52(35)53(36)40)61(51-25-11-12-34-59-51)50-24-14-20-44-55(50)38-16-6-8-18-42(38)57(44,3)4/h5-34H,1-4H3. The van der Waals surface area contributed by atoms with Gasteiger partial charge in [-0.3, -0.25) is 4.90 Å². The predicted molar refractivity (Wildman–Crippen MR) is 252 cm³/mol. The molecule has 0 bridgehead atoms. The molecule has 2 aliphatic carbocycles.